The highest BCUT2D eigenvalue weighted by Crippen LogP contribution is 2.36. The van der Waals surface area contributed by atoms with E-state index in [1.165, 1.54) is 148 Å². The van der Waals surface area contributed by atoms with E-state index in [9.17, 15) is 9.90 Å². The number of aliphatic carboxylic acids is 1. The standard InChI is InChI=1S/C34H69NO2/c1-7-9-11-13-15-17-18-19-20-21-23-25-27-29-31-32(34(3,33(36)37)35(4,5)6)30-28-26-24-22-16-14-12-10-8-2/h32H,7-31H2,1-6H3/p+1. The minimum absolute atomic E-state index is 0.256. The van der Waals surface area contributed by atoms with Crippen molar-refractivity contribution in [1.82, 2.24) is 0 Å². The second kappa shape index (κ2) is 23.3. The zero-order chi connectivity index (χ0) is 27.8. The monoisotopic (exact) mass is 525 g/mol. The van der Waals surface area contributed by atoms with Crippen LogP contribution in [0.15, 0.2) is 0 Å². The number of hydrogen-bond acceptors (Lipinski definition) is 1. The molecule has 0 aromatic heterocycles. The largest absolute Gasteiger partial charge is 0.477 e. The van der Waals surface area contributed by atoms with Crippen LogP contribution >= 0.6 is 0 Å². The minimum Gasteiger partial charge on any atom is -0.477 e. The summed E-state index contributed by atoms with van der Waals surface area (Å²) in [4.78, 5) is 12.5. The first-order valence-electron chi connectivity index (χ1n) is 16.8. The van der Waals surface area contributed by atoms with Crippen LogP contribution in [0.3, 0.4) is 0 Å². The molecule has 0 saturated heterocycles. The van der Waals surface area contributed by atoms with Crippen LogP contribution in [0.25, 0.3) is 0 Å². The van der Waals surface area contributed by atoms with E-state index in [0.717, 1.165) is 12.8 Å². The smallest absolute Gasteiger partial charge is 0.365 e. The Hall–Kier alpha value is -0.570. The van der Waals surface area contributed by atoms with E-state index in [0.29, 0.717) is 4.48 Å². The average Bonchev–Trinajstić information content (AvgIpc) is 2.85. The molecule has 0 aliphatic heterocycles. The maximum Gasteiger partial charge on any atom is 0.365 e. The van der Waals surface area contributed by atoms with Gasteiger partial charge in [-0.25, -0.2) is 4.79 Å². The minimum atomic E-state index is -0.712. The Morgan fingerprint density at radius 3 is 1.00 bits per heavy atom. The molecular weight excluding hydrogens is 454 g/mol. The van der Waals surface area contributed by atoms with Gasteiger partial charge in [-0.15, -0.1) is 0 Å². The first kappa shape index (κ1) is 36.4. The van der Waals surface area contributed by atoms with E-state index < -0.39 is 11.5 Å². The molecule has 0 bridgehead atoms. The lowest BCUT2D eigenvalue weighted by Gasteiger charge is -2.45. The van der Waals surface area contributed by atoms with Crippen molar-refractivity contribution >= 4 is 5.97 Å². The van der Waals surface area contributed by atoms with Crippen LogP contribution in [0.1, 0.15) is 181 Å². The Morgan fingerprint density at radius 1 is 0.541 bits per heavy atom. The van der Waals surface area contributed by atoms with Gasteiger partial charge in [-0.1, -0.05) is 162 Å². The molecule has 3 nitrogen and oxygen atoms in total. The predicted octanol–water partition coefficient (Wildman–Crippen LogP) is 10.9. The molecule has 0 rings (SSSR count). The van der Waals surface area contributed by atoms with Crippen molar-refractivity contribution in [3.63, 3.8) is 0 Å². The molecule has 2 atom stereocenters. The molecule has 0 fully saturated rings. The molecule has 2 unspecified atom stereocenters. The number of unbranched alkanes of at least 4 members (excludes halogenated alkanes) is 21. The van der Waals surface area contributed by atoms with Crippen molar-refractivity contribution in [1.29, 1.82) is 0 Å². The number of quaternary nitrogens is 1. The summed E-state index contributed by atoms with van der Waals surface area (Å²) in [5, 5.41) is 10.3. The molecule has 0 heterocycles. The number of rotatable bonds is 28. The second-order valence-electron chi connectivity index (χ2n) is 13.2. The fourth-order valence-electron chi connectivity index (χ4n) is 6.00. The maximum atomic E-state index is 12.5. The number of carboxylic acid groups (broad SMARTS) is 1. The Balaban J connectivity index is 4.24. The zero-order valence-electron chi connectivity index (χ0n) is 26.6. The van der Waals surface area contributed by atoms with E-state index in [1.54, 1.807) is 0 Å². The van der Waals surface area contributed by atoms with Crippen molar-refractivity contribution in [3.05, 3.63) is 0 Å². The van der Waals surface area contributed by atoms with E-state index in [2.05, 4.69) is 35.0 Å². The van der Waals surface area contributed by atoms with Gasteiger partial charge in [0.25, 0.3) is 0 Å². The summed E-state index contributed by atoms with van der Waals surface area (Å²) in [6.45, 7) is 6.57. The molecule has 1 N–H and O–H groups in total. The topological polar surface area (TPSA) is 37.3 Å². The summed E-state index contributed by atoms with van der Waals surface area (Å²) in [7, 11) is 6.22. The third kappa shape index (κ3) is 17.6. The molecule has 0 aromatic carbocycles. The van der Waals surface area contributed by atoms with E-state index >= 15 is 0 Å². The SMILES string of the molecule is CCCCCCCCCCCCCCCCC(CCCCCCCCCCC)C(C)(C(=O)O)[N+](C)(C)C. The molecule has 0 radical (unpaired) electrons. The van der Waals surface area contributed by atoms with Crippen LogP contribution in [0, 0.1) is 5.92 Å². The van der Waals surface area contributed by atoms with Crippen LogP contribution in [0.2, 0.25) is 0 Å². The molecule has 3 heteroatoms. The molecule has 222 valence electrons. The van der Waals surface area contributed by atoms with Crippen LogP contribution < -0.4 is 0 Å². The van der Waals surface area contributed by atoms with Gasteiger partial charge >= 0.3 is 5.97 Å². The lowest BCUT2D eigenvalue weighted by molar-refractivity contribution is -0.916. The Bertz CT molecular complexity index is 512. The van der Waals surface area contributed by atoms with Crippen molar-refractivity contribution in [3.8, 4) is 0 Å². The molecule has 0 spiro atoms. The van der Waals surface area contributed by atoms with Gasteiger partial charge in [0.05, 0.1) is 21.1 Å². The molecule has 0 amide bonds. The van der Waals surface area contributed by atoms with Gasteiger partial charge in [-0.3, -0.25) is 0 Å². The number of carbonyl (C=O) groups is 1. The second-order valence-corrected chi connectivity index (χ2v) is 13.2. The fraction of sp³-hybridized carbons (Fsp3) is 0.971. The normalized spacial score (nSPS) is 14.5. The number of carboxylic acids is 1. The Morgan fingerprint density at radius 2 is 0.784 bits per heavy atom. The summed E-state index contributed by atoms with van der Waals surface area (Å²) in [5.74, 6) is -0.363. The Kier molecular flexibility index (Phi) is 23.0. The summed E-state index contributed by atoms with van der Waals surface area (Å²) in [6.07, 6.45) is 33.2. The van der Waals surface area contributed by atoms with Crippen molar-refractivity contribution in [2.24, 2.45) is 5.92 Å². The van der Waals surface area contributed by atoms with Crippen LogP contribution in [0.4, 0.5) is 0 Å². The summed E-state index contributed by atoms with van der Waals surface area (Å²) < 4.78 is 0.503. The summed E-state index contributed by atoms with van der Waals surface area (Å²) >= 11 is 0. The summed E-state index contributed by atoms with van der Waals surface area (Å²) in [5.41, 5.74) is -0.712. The van der Waals surface area contributed by atoms with Gasteiger partial charge in [0, 0.05) is 12.8 Å². The fourth-order valence-corrected chi connectivity index (χ4v) is 6.00. The van der Waals surface area contributed by atoms with Gasteiger partial charge in [0.2, 0.25) is 0 Å². The quantitative estimate of drug-likeness (QED) is 0.0816. The highest BCUT2D eigenvalue weighted by Gasteiger charge is 2.51. The molecule has 0 aliphatic carbocycles. The maximum absolute atomic E-state index is 12.5. The van der Waals surface area contributed by atoms with Crippen molar-refractivity contribution < 1.29 is 14.4 Å². The third-order valence-corrected chi connectivity index (χ3v) is 9.18. The van der Waals surface area contributed by atoms with Gasteiger partial charge in [0.1, 0.15) is 0 Å². The molecule has 0 aromatic rings. The average molecular weight is 525 g/mol. The highest BCUT2D eigenvalue weighted by atomic mass is 16.4. The summed E-state index contributed by atoms with van der Waals surface area (Å²) in [6, 6.07) is 0. The van der Waals surface area contributed by atoms with Crippen molar-refractivity contribution in [2.75, 3.05) is 21.1 Å². The van der Waals surface area contributed by atoms with Crippen LogP contribution in [-0.2, 0) is 4.79 Å². The molecular formula is C34H70NO2+. The van der Waals surface area contributed by atoms with E-state index in [-0.39, 0.29) is 5.92 Å². The molecule has 0 saturated carbocycles. The zero-order valence-corrected chi connectivity index (χ0v) is 26.6. The van der Waals surface area contributed by atoms with Gasteiger partial charge in [-0.05, 0) is 12.8 Å². The van der Waals surface area contributed by atoms with Crippen LogP contribution in [0.5, 0.6) is 0 Å². The van der Waals surface area contributed by atoms with E-state index in [4.69, 9.17) is 0 Å². The van der Waals surface area contributed by atoms with Crippen molar-refractivity contribution in [2.45, 2.75) is 187 Å². The van der Waals surface area contributed by atoms with Crippen LogP contribution in [-0.4, -0.2) is 42.2 Å². The van der Waals surface area contributed by atoms with Gasteiger partial charge in [-0.2, -0.15) is 0 Å². The lowest BCUT2D eigenvalue weighted by atomic mass is 9.76. The first-order valence-corrected chi connectivity index (χ1v) is 16.8. The third-order valence-electron chi connectivity index (χ3n) is 9.18. The van der Waals surface area contributed by atoms with E-state index in [1.807, 2.05) is 6.92 Å². The van der Waals surface area contributed by atoms with Gasteiger partial charge < -0.3 is 9.59 Å². The Labute approximate surface area is 234 Å². The number of likely N-dealkylation sites (N-methyl/N-ethyl adjacent to an activating group) is 1. The lowest BCUT2D eigenvalue weighted by Crippen LogP contribution is -2.64. The number of nitrogens with zero attached hydrogens (tertiary/aromatic N) is 1. The number of hydrogen-bond donors (Lipinski definition) is 1. The first-order chi connectivity index (χ1) is 17.7. The van der Waals surface area contributed by atoms with Gasteiger partial charge in [0.15, 0.2) is 5.54 Å². The highest BCUT2D eigenvalue weighted by molar-refractivity contribution is 5.77. The molecule has 0 aliphatic rings. The predicted molar refractivity (Wildman–Crippen MR) is 164 cm³/mol. The molecule has 37 heavy (non-hydrogen) atoms.